The highest BCUT2D eigenvalue weighted by Crippen LogP contribution is 2.33. The number of rotatable bonds is 5. The van der Waals surface area contributed by atoms with Crippen molar-refractivity contribution < 1.29 is 5.11 Å². The molecule has 1 N–H and O–H groups in total. The molecule has 1 aliphatic carbocycles. The van der Waals surface area contributed by atoms with Crippen LogP contribution in [0, 0.1) is 11.3 Å². The summed E-state index contributed by atoms with van der Waals surface area (Å²) >= 11 is 6.03. The smallest absolute Gasteiger partial charge is 0.101 e. The van der Waals surface area contributed by atoms with Gasteiger partial charge in [-0.3, -0.25) is 0 Å². The Balaban J connectivity index is 2.28. The molecule has 0 radical (unpaired) electrons. The van der Waals surface area contributed by atoms with Crippen LogP contribution < -0.4 is 4.90 Å². The summed E-state index contributed by atoms with van der Waals surface area (Å²) in [4.78, 5) is 2.23. The number of hydrogen-bond donors (Lipinski definition) is 1. The van der Waals surface area contributed by atoms with Gasteiger partial charge in [-0.15, -0.1) is 0 Å². The maximum absolute atomic E-state index is 9.19. The van der Waals surface area contributed by atoms with Gasteiger partial charge in [-0.1, -0.05) is 11.6 Å². The van der Waals surface area contributed by atoms with Crippen LogP contribution >= 0.6 is 11.6 Å². The first-order valence-electron chi connectivity index (χ1n) is 6.33. The van der Waals surface area contributed by atoms with Crippen molar-refractivity contribution in [3.8, 4) is 6.07 Å². The van der Waals surface area contributed by atoms with Gasteiger partial charge in [0.2, 0.25) is 0 Å². The highest BCUT2D eigenvalue weighted by atomic mass is 35.5. The Morgan fingerprint density at radius 1 is 1.44 bits per heavy atom. The summed E-state index contributed by atoms with van der Waals surface area (Å²) in [6.07, 6.45) is 4.27. The second-order valence-electron chi connectivity index (χ2n) is 4.63. The Morgan fingerprint density at radius 2 is 2.22 bits per heavy atom. The average Bonchev–Trinajstić information content (AvgIpc) is 2.32. The normalized spacial score (nSPS) is 14.9. The number of anilines is 1. The van der Waals surface area contributed by atoms with Gasteiger partial charge in [0.15, 0.2) is 0 Å². The maximum atomic E-state index is 9.19. The zero-order chi connectivity index (χ0) is 13.0. The molecule has 0 spiro atoms. The van der Waals surface area contributed by atoms with Gasteiger partial charge in [-0.2, -0.15) is 5.26 Å². The van der Waals surface area contributed by atoms with E-state index >= 15 is 0 Å². The molecule has 1 aromatic carbocycles. The van der Waals surface area contributed by atoms with E-state index in [2.05, 4.69) is 11.0 Å². The molecule has 96 valence electrons. The van der Waals surface area contributed by atoms with Gasteiger partial charge in [-0.25, -0.2) is 0 Å². The van der Waals surface area contributed by atoms with Crippen LogP contribution in [0.1, 0.15) is 31.2 Å². The predicted molar refractivity (Wildman–Crippen MR) is 72.9 cm³/mol. The molecule has 18 heavy (non-hydrogen) atoms. The summed E-state index contributed by atoms with van der Waals surface area (Å²) in [5, 5.41) is 18.8. The van der Waals surface area contributed by atoms with Crippen LogP contribution in [-0.4, -0.2) is 24.3 Å². The summed E-state index contributed by atoms with van der Waals surface area (Å²) in [7, 11) is 0. The molecule has 1 fully saturated rings. The van der Waals surface area contributed by atoms with Crippen LogP contribution in [0.2, 0.25) is 5.02 Å². The van der Waals surface area contributed by atoms with Crippen molar-refractivity contribution in [1.82, 2.24) is 0 Å². The number of aliphatic hydroxyl groups is 1. The van der Waals surface area contributed by atoms with Gasteiger partial charge in [0.1, 0.15) is 6.07 Å². The van der Waals surface area contributed by atoms with E-state index in [9.17, 15) is 5.26 Å². The summed E-state index contributed by atoms with van der Waals surface area (Å²) in [5.41, 5.74) is 1.56. The van der Waals surface area contributed by atoms with Crippen LogP contribution in [0.25, 0.3) is 0 Å². The molecule has 0 heterocycles. The molecule has 0 atom stereocenters. The fourth-order valence-corrected chi connectivity index (χ4v) is 2.44. The summed E-state index contributed by atoms with van der Waals surface area (Å²) in [6.45, 7) is 0.946. The Labute approximate surface area is 113 Å². The zero-order valence-electron chi connectivity index (χ0n) is 10.3. The number of benzene rings is 1. The molecule has 0 aliphatic heterocycles. The summed E-state index contributed by atoms with van der Waals surface area (Å²) in [6, 6.07) is 8.08. The second-order valence-corrected chi connectivity index (χ2v) is 5.06. The highest BCUT2D eigenvalue weighted by Gasteiger charge is 2.26. The fraction of sp³-hybridized carbons (Fsp3) is 0.500. The topological polar surface area (TPSA) is 47.3 Å². The van der Waals surface area contributed by atoms with Crippen molar-refractivity contribution in [3.05, 3.63) is 28.8 Å². The van der Waals surface area contributed by atoms with Crippen LogP contribution in [0.5, 0.6) is 0 Å². The number of nitrogens with zero attached hydrogens (tertiary/aromatic N) is 2. The first kappa shape index (κ1) is 13.2. The number of halogens is 1. The first-order valence-corrected chi connectivity index (χ1v) is 6.71. The third-order valence-electron chi connectivity index (χ3n) is 3.46. The minimum atomic E-state index is 0.172. The monoisotopic (exact) mass is 264 g/mol. The lowest BCUT2D eigenvalue weighted by molar-refractivity contribution is 0.283. The molecule has 1 saturated carbocycles. The van der Waals surface area contributed by atoms with E-state index < -0.39 is 0 Å². The predicted octanol–water partition coefficient (Wildman–Crippen LogP) is 2.95. The van der Waals surface area contributed by atoms with Crippen molar-refractivity contribution in [2.45, 2.75) is 31.7 Å². The number of aliphatic hydroxyl groups excluding tert-OH is 1. The molecular formula is C14H17ClN2O. The Morgan fingerprint density at radius 3 is 2.78 bits per heavy atom. The van der Waals surface area contributed by atoms with Gasteiger partial charge < -0.3 is 10.0 Å². The standard InChI is InChI=1S/C14H17ClN2O/c15-12-6-5-11(10-16)14(9-12)17(7-2-8-18)13-3-1-4-13/h5-6,9,13,18H,1-4,7-8H2. The van der Waals surface area contributed by atoms with E-state index in [1.807, 2.05) is 6.07 Å². The third kappa shape index (κ3) is 2.77. The van der Waals surface area contributed by atoms with Crippen molar-refractivity contribution in [3.63, 3.8) is 0 Å². The SMILES string of the molecule is N#Cc1ccc(Cl)cc1N(CCCO)C1CCC1. The van der Waals surface area contributed by atoms with Crippen molar-refractivity contribution in [1.29, 1.82) is 5.26 Å². The molecule has 0 aromatic heterocycles. The molecule has 2 rings (SSSR count). The van der Waals surface area contributed by atoms with Crippen molar-refractivity contribution in [2.75, 3.05) is 18.1 Å². The van der Waals surface area contributed by atoms with Crippen LogP contribution in [0.4, 0.5) is 5.69 Å². The summed E-state index contributed by atoms with van der Waals surface area (Å²) in [5.74, 6) is 0. The minimum absolute atomic E-state index is 0.172. The molecule has 0 unspecified atom stereocenters. The summed E-state index contributed by atoms with van der Waals surface area (Å²) < 4.78 is 0. The largest absolute Gasteiger partial charge is 0.396 e. The van der Waals surface area contributed by atoms with Gasteiger partial charge in [0.25, 0.3) is 0 Å². The van der Waals surface area contributed by atoms with Gasteiger partial charge in [0.05, 0.1) is 11.3 Å². The molecule has 1 aromatic rings. The van der Waals surface area contributed by atoms with Gasteiger partial charge in [-0.05, 0) is 43.9 Å². The van der Waals surface area contributed by atoms with Crippen LogP contribution in [-0.2, 0) is 0 Å². The van der Waals surface area contributed by atoms with Crippen LogP contribution in [0.15, 0.2) is 18.2 Å². The lowest BCUT2D eigenvalue weighted by Gasteiger charge is -2.39. The van der Waals surface area contributed by atoms with Gasteiger partial charge >= 0.3 is 0 Å². The first-order chi connectivity index (χ1) is 8.76. The van der Waals surface area contributed by atoms with Crippen molar-refractivity contribution in [2.24, 2.45) is 0 Å². The highest BCUT2D eigenvalue weighted by molar-refractivity contribution is 6.30. The molecular weight excluding hydrogens is 248 g/mol. The quantitative estimate of drug-likeness (QED) is 0.889. The molecule has 0 saturated heterocycles. The molecule has 1 aliphatic rings. The third-order valence-corrected chi connectivity index (χ3v) is 3.70. The maximum Gasteiger partial charge on any atom is 0.101 e. The minimum Gasteiger partial charge on any atom is -0.396 e. The Hall–Kier alpha value is -1.24. The second kappa shape index (κ2) is 6.08. The number of nitriles is 1. The number of hydrogen-bond acceptors (Lipinski definition) is 3. The van der Waals surface area contributed by atoms with E-state index in [4.69, 9.17) is 16.7 Å². The fourth-order valence-electron chi connectivity index (χ4n) is 2.28. The van der Waals surface area contributed by atoms with E-state index in [1.165, 1.54) is 6.42 Å². The lowest BCUT2D eigenvalue weighted by atomic mass is 9.90. The van der Waals surface area contributed by atoms with Crippen LogP contribution in [0.3, 0.4) is 0 Å². The zero-order valence-corrected chi connectivity index (χ0v) is 11.0. The molecule has 3 nitrogen and oxygen atoms in total. The van der Waals surface area contributed by atoms with Gasteiger partial charge in [0, 0.05) is 24.2 Å². The lowest BCUT2D eigenvalue weighted by Crippen LogP contribution is -2.41. The average molecular weight is 265 g/mol. The molecule has 0 amide bonds. The van der Waals surface area contributed by atoms with E-state index in [0.29, 0.717) is 23.0 Å². The Kier molecular flexibility index (Phi) is 4.46. The van der Waals surface area contributed by atoms with Crippen molar-refractivity contribution >= 4 is 17.3 Å². The van der Waals surface area contributed by atoms with E-state index in [1.54, 1.807) is 12.1 Å². The molecule has 4 heteroatoms. The van der Waals surface area contributed by atoms with E-state index in [-0.39, 0.29) is 6.61 Å². The Bertz CT molecular complexity index is 452. The molecule has 0 bridgehead atoms. The van der Waals surface area contributed by atoms with E-state index in [0.717, 1.165) is 25.1 Å².